The number of furan rings is 1. The van der Waals surface area contributed by atoms with Crippen LogP contribution in [0.2, 0.25) is 0 Å². The number of fused-ring (bicyclic) bond motifs is 1. The van der Waals surface area contributed by atoms with Gasteiger partial charge in [0.25, 0.3) is 0 Å². The van der Waals surface area contributed by atoms with E-state index in [0.29, 0.717) is 12.8 Å². The molecule has 0 aliphatic rings. The minimum atomic E-state index is -0.195. The number of para-hydroxylation sites is 2. The maximum absolute atomic E-state index is 12.1. The maximum atomic E-state index is 12.1. The van der Waals surface area contributed by atoms with Gasteiger partial charge >= 0.3 is 0 Å². The van der Waals surface area contributed by atoms with E-state index in [2.05, 4.69) is 5.32 Å². The Hall–Kier alpha value is -2.75. The van der Waals surface area contributed by atoms with E-state index in [4.69, 9.17) is 4.42 Å². The van der Waals surface area contributed by atoms with Gasteiger partial charge in [-0.25, -0.2) is 0 Å². The number of rotatable bonds is 5. The molecule has 1 atom stereocenters. The number of carbonyl (C=O) groups is 1. The summed E-state index contributed by atoms with van der Waals surface area (Å²) in [5.74, 6) is 0.897. The van der Waals surface area contributed by atoms with Crippen molar-refractivity contribution in [2.24, 2.45) is 0 Å². The van der Waals surface area contributed by atoms with Crippen LogP contribution in [0.5, 0.6) is 5.75 Å². The van der Waals surface area contributed by atoms with Crippen LogP contribution in [0.15, 0.2) is 59.0 Å². The van der Waals surface area contributed by atoms with Crippen LogP contribution >= 0.6 is 0 Å². The van der Waals surface area contributed by atoms with Gasteiger partial charge < -0.3 is 14.8 Å². The van der Waals surface area contributed by atoms with Crippen molar-refractivity contribution in [3.05, 3.63) is 65.9 Å². The molecule has 1 aromatic heterocycles. The molecule has 4 nitrogen and oxygen atoms in total. The molecule has 118 valence electrons. The Kier molecular flexibility index (Phi) is 4.33. The zero-order chi connectivity index (χ0) is 16.2. The summed E-state index contributed by atoms with van der Waals surface area (Å²) in [6, 6.07) is 16.6. The lowest BCUT2D eigenvalue weighted by atomic mass is 10.1. The first-order chi connectivity index (χ1) is 11.1. The summed E-state index contributed by atoms with van der Waals surface area (Å²) in [6.45, 7) is 1.90. The molecule has 0 radical (unpaired) electrons. The van der Waals surface area contributed by atoms with E-state index in [1.807, 2.05) is 49.4 Å². The normalized spacial score (nSPS) is 12.2. The predicted octanol–water partition coefficient (Wildman–Crippen LogP) is 3.95. The molecule has 3 rings (SSSR count). The molecule has 0 aliphatic heterocycles. The van der Waals surface area contributed by atoms with E-state index >= 15 is 0 Å². The molecule has 23 heavy (non-hydrogen) atoms. The lowest BCUT2D eigenvalue weighted by molar-refractivity contribution is -0.121. The number of nitrogens with one attached hydrogen (secondary N) is 1. The third kappa shape index (κ3) is 3.54. The van der Waals surface area contributed by atoms with Crippen molar-refractivity contribution in [1.29, 1.82) is 0 Å². The molecule has 1 unspecified atom stereocenters. The van der Waals surface area contributed by atoms with E-state index in [1.54, 1.807) is 12.1 Å². The van der Waals surface area contributed by atoms with Crippen molar-refractivity contribution in [1.82, 2.24) is 5.32 Å². The third-order valence-corrected chi connectivity index (χ3v) is 3.86. The van der Waals surface area contributed by atoms with Crippen LogP contribution in [0, 0.1) is 0 Å². The zero-order valence-corrected chi connectivity index (χ0v) is 13.0. The van der Waals surface area contributed by atoms with Gasteiger partial charge in [-0.1, -0.05) is 36.4 Å². The summed E-state index contributed by atoms with van der Waals surface area (Å²) in [4.78, 5) is 12.1. The van der Waals surface area contributed by atoms with Crippen LogP contribution in [-0.2, 0) is 11.2 Å². The van der Waals surface area contributed by atoms with Gasteiger partial charge in [0.1, 0.15) is 17.1 Å². The molecule has 0 saturated heterocycles. The highest BCUT2D eigenvalue weighted by Gasteiger charge is 2.14. The number of amides is 1. The number of hydrogen-bond donors (Lipinski definition) is 2. The smallest absolute Gasteiger partial charge is 0.220 e. The Labute approximate surface area is 134 Å². The molecular formula is C19H19NO3. The molecular weight excluding hydrogens is 290 g/mol. The van der Waals surface area contributed by atoms with Crippen molar-refractivity contribution in [3.8, 4) is 5.75 Å². The summed E-state index contributed by atoms with van der Waals surface area (Å²) in [5, 5.41) is 13.7. The first-order valence-corrected chi connectivity index (χ1v) is 7.68. The molecule has 0 bridgehead atoms. The van der Waals surface area contributed by atoms with Crippen molar-refractivity contribution in [3.63, 3.8) is 0 Å². The van der Waals surface area contributed by atoms with Crippen molar-refractivity contribution in [2.75, 3.05) is 0 Å². The minimum Gasteiger partial charge on any atom is -0.508 e. The molecule has 2 N–H and O–H groups in total. The van der Waals surface area contributed by atoms with Crippen LogP contribution < -0.4 is 5.32 Å². The van der Waals surface area contributed by atoms with E-state index in [1.165, 1.54) is 0 Å². The molecule has 4 heteroatoms. The number of aryl methyl sites for hydroxylation is 1. The number of hydrogen-bond acceptors (Lipinski definition) is 3. The SMILES string of the molecule is CC(NC(=O)CCc1ccccc1O)c1cc2ccccc2o1. The van der Waals surface area contributed by atoms with Crippen molar-refractivity contribution in [2.45, 2.75) is 25.8 Å². The fourth-order valence-electron chi connectivity index (χ4n) is 2.57. The van der Waals surface area contributed by atoms with E-state index in [0.717, 1.165) is 22.3 Å². The van der Waals surface area contributed by atoms with Crippen LogP contribution in [-0.4, -0.2) is 11.0 Å². The van der Waals surface area contributed by atoms with Gasteiger partial charge in [-0.15, -0.1) is 0 Å². The highest BCUT2D eigenvalue weighted by atomic mass is 16.3. The topological polar surface area (TPSA) is 62.5 Å². The van der Waals surface area contributed by atoms with Gasteiger partial charge in [-0.2, -0.15) is 0 Å². The van der Waals surface area contributed by atoms with E-state index in [-0.39, 0.29) is 17.7 Å². The second kappa shape index (κ2) is 6.57. The Bertz CT molecular complexity index is 789. The summed E-state index contributed by atoms with van der Waals surface area (Å²) in [5.41, 5.74) is 1.59. The Morgan fingerprint density at radius 1 is 1.17 bits per heavy atom. The van der Waals surface area contributed by atoms with Gasteiger partial charge in [-0.3, -0.25) is 4.79 Å². The lowest BCUT2D eigenvalue weighted by Crippen LogP contribution is -2.26. The molecule has 0 saturated carbocycles. The second-order valence-corrected chi connectivity index (χ2v) is 5.60. The van der Waals surface area contributed by atoms with Crippen molar-refractivity contribution >= 4 is 16.9 Å². The third-order valence-electron chi connectivity index (χ3n) is 3.86. The van der Waals surface area contributed by atoms with Gasteiger partial charge in [0.05, 0.1) is 6.04 Å². The van der Waals surface area contributed by atoms with Gasteiger partial charge in [0, 0.05) is 11.8 Å². The van der Waals surface area contributed by atoms with Gasteiger partial charge in [0.15, 0.2) is 0 Å². The number of aromatic hydroxyl groups is 1. The minimum absolute atomic E-state index is 0.0683. The predicted molar refractivity (Wildman–Crippen MR) is 89.2 cm³/mol. The number of phenols is 1. The highest BCUT2D eigenvalue weighted by Crippen LogP contribution is 2.24. The summed E-state index contributed by atoms with van der Waals surface area (Å²) >= 11 is 0. The number of benzene rings is 2. The van der Waals surface area contributed by atoms with Crippen LogP contribution in [0.1, 0.15) is 30.7 Å². The maximum Gasteiger partial charge on any atom is 0.220 e. The summed E-state index contributed by atoms with van der Waals surface area (Å²) in [6.07, 6.45) is 0.827. The zero-order valence-electron chi connectivity index (χ0n) is 13.0. The standard InChI is InChI=1S/C19H19NO3/c1-13(18-12-15-7-3-5-9-17(15)23-18)20-19(22)11-10-14-6-2-4-8-16(14)21/h2-9,12-13,21H,10-11H2,1H3,(H,20,22). The Morgan fingerprint density at radius 2 is 1.91 bits per heavy atom. The summed E-state index contributed by atoms with van der Waals surface area (Å²) in [7, 11) is 0. The first-order valence-electron chi connectivity index (χ1n) is 7.68. The molecule has 0 spiro atoms. The highest BCUT2D eigenvalue weighted by molar-refractivity contribution is 5.79. The lowest BCUT2D eigenvalue weighted by Gasteiger charge is -2.11. The molecule has 1 amide bonds. The fraction of sp³-hybridized carbons (Fsp3) is 0.211. The van der Waals surface area contributed by atoms with Crippen LogP contribution in [0.25, 0.3) is 11.0 Å². The molecule has 0 fully saturated rings. The second-order valence-electron chi connectivity index (χ2n) is 5.60. The summed E-state index contributed by atoms with van der Waals surface area (Å²) < 4.78 is 5.76. The largest absolute Gasteiger partial charge is 0.508 e. The molecule has 3 aromatic rings. The number of carbonyl (C=O) groups excluding carboxylic acids is 1. The molecule has 0 aliphatic carbocycles. The number of phenolic OH excluding ortho intramolecular Hbond substituents is 1. The average Bonchev–Trinajstić information content (AvgIpc) is 2.98. The first kappa shape index (κ1) is 15.2. The van der Waals surface area contributed by atoms with Gasteiger partial charge in [-0.05, 0) is 37.1 Å². The van der Waals surface area contributed by atoms with E-state index < -0.39 is 0 Å². The fourth-order valence-corrected chi connectivity index (χ4v) is 2.57. The van der Waals surface area contributed by atoms with Crippen LogP contribution in [0.3, 0.4) is 0 Å². The molecule has 2 aromatic carbocycles. The Balaban J connectivity index is 1.60. The van der Waals surface area contributed by atoms with Gasteiger partial charge in [0.2, 0.25) is 5.91 Å². The quantitative estimate of drug-likeness (QED) is 0.750. The monoisotopic (exact) mass is 309 g/mol. The van der Waals surface area contributed by atoms with Crippen molar-refractivity contribution < 1.29 is 14.3 Å². The van der Waals surface area contributed by atoms with E-state index in [9.17, 15) is 9.90 Å². The molecule has 1 heterocycles. The Morgan fingerprint density at radius 3 is 2.70 bits per heavy atom. The average molecular weight is 309 g/mol. The van der Waals surface area contributed by atoms with Crippen LogP contribution in [0.4, 0.5) is 0 Å².